The lowest BCUT2D eigenvalue weighted by atomic mass is 10.2. The Morgan fingerprint density at radius 3 is 2.53 bits per heavy atom. The van der Waals surface area contributed by atoms with Gasteiger partial charge < -0.3 is 24.1 Å². The molecule has 0 aliphatic rings. The van der Waals surface area contributed by atoms with Crippen molar-refractivity contribution >= 4 is 34.4 Å². The molecule has 2 aromatic carbocycles. The molecule has 1 heterocycles. The zero-order valence-corrected chi connectivity index (χ0v) is 16.7. The average Bonchev–Trinajstić information content (AvgIpc) is 3.12. The summed E-state index contributed by atoms with van der Waals surface area (Å²) in [5.74, 6) is -1.05. The van der Waals surface area contributed by atoms with Crippen molar-refractivity contribution in [1.29, 1.82) is 0 Å². The highest BCUT2D eigenvalue weighted by atomic mass is 16.5. The molecule has 8 heteroatoms. The number of nitrogens with zero attached hydrogens (tertiary/aromatic N) is 1. The molecule has 0 spiro atoms. The summed E-state index contributed by atoms with van der Waals surface area (Å²) in [6.07, 6.45) is 1.54. The number of nitrogens with one attached hydrogen (secondary N) is 1. The lowest BCUT2D eigenvalue weighted by Crippen LogP contribution is -2.23. The molecule has 1 amide bonds. The van der Waals surface area contributed by atoms with Gasteiger partial charge in [-0.1, -0.05) is 30.3 Å². The number of fused-ring (bicyclic) bond motifs is 1. The predicted molar refractivity (Wildman–Crippen MR) is 110 cm³/mol. The van der Waals surface area contributed by atoms with E-state index in [0.717, 1.165) is 0 Å². The van der Waals surface area contributed by atoms with Crippen molar-refractivity contribution in [3.63, 3.8) is 0 Å². The first-order chi connectivity index (χ1) is 14.5. The first-order valence-electron chi connectivity index (χ1n) is 9.37. The van der Waals surface area contributed by atoms with E-state index in [1.54, 1.807) is 53.1 Å². The van der Waals surface area contributed by atoms with Gasteiger partial charge in [0.05, 0.1) is 25.0 Å². The van der Waals surface area contributed by atoms with Crippen LogP contribution in [0, 0.1) is 0 Å². The maximum atomic E-state index is 12.3. The fraction of sp³-hybridized carbons (Fsp3) is 0.227. The fourth-order valence-electron chi connectivity index (χ4n) is 3.02. The average molecular weight is 410 g/mol. The first-order valence-corrected chi connectivity index (χ1v) is 9.37. The second-order valence-corrected chi connectivity index (χ2v) is 6.32. The maximum absolute atomic E-state index is 12.3. The minimum Gasteiger partial charge on any atom is -0.492 e. The van der Waals surface area contributed by atoms with E-state index >= 15 is 0 Å². The molecule has 0 saturated heterocycles. The van der Waals surface area contributed by atoms with Gasteiger partial charge >= 0.3 is 11.9 Å². The Bertz CT molecular complexity index is 1070. The summed E-state index contributed by atoms with van der Waals surface area (Å²) in [4.78, 5) is 36.4. The zero-order valence-electron chi connectivity index (χ0n) is 16.7. The number of ether oxygens (including phenoxy) is 3. The summed E-state index contributed by atoms with van der Waals surface area (Å²) in [5, 5.41) is 3.33. The molecular weight excluding hydrogens is 388 g/mol. The number of rotatable bonds is 8. The molecule has 0 fully saturated rings. The Morgan fingerprint density at radius 1 is 1.03 bits per heavy atom. The molecule has 156 valence electrons. The van der Waals surface area contributed by atoms with E-state index in [2.05, 4.69) is 5.32 Å². The zero-order chi connectivity index (χ0) is 21.5. The van der Waals surface area contributed by atoms with Gasteiger partial charge in [0.1, 0.15) is 12.3 Å². The normalized spacial score (nSPS) is 10.5. The minimum absolute atomic E-state index is 0.152. The number of hydrogen-bond acceptors (Lipinski definition) is 6. The highest BCUT2D eigenvalue weighted by Crippen LogP contribution is 2.24. The standard InChI is InChI=1S/C22H22N2O6/c1-3-29-19-11-7-5-9-17(19)23-20(25)14-30-21(26)13-24-12-16(22(27)28-2)15-8-4-6-10-18(15)24/h4-12H,3,13-14H2,1-2H3,(H,23,25). The molecule has 0 aliphatic heterocycles. The molecule has 0 saturated carbocycles. The van der Waals surface area contributed by atoms with Crippen LogP contribution in [-0.4, -0.2) is 42.7 Å². The molecule has 3 aromatic rings. The van der Waals surface area contributed by atoms with Gasteiger partial charge in [0.25, 0.3) is 5.91 Å². The summed E-state index contributed by atoms with van der Waals surface area (Å²) in [5.41, 5.74) is 1.54. The Balaban J connectivity index is 1.63. The molecular formula is C22H22N2O6. The van der Waals surface area contributed by atoms with Gasteiger partial charge in [-0.2, -0.15) is 0 Å². The van der Waals surface area contributed by atoms with Crippen LogP contribution >= 0.6 is 0 Å². The SMILES string of the molecule is CCOc1ccccc1NC(=O)COC(=O)Cn1cc(C(=O)OC)c2ccccc21. The molecule has 0 unspecified atom stereocenters. The second kappa shape index (κ2) is 9.60. The Hall–Kier alpha value is -3.81. The monoisotopic (exact) mass is 410 g/mol. The number of amides is 1. The number of carbonyl (C=O) groups excluding carboxylic acids is 3. The van der Waals surface area contributed by atoms with E-state index < -0.39 is 24.5 Å². The number of benzene rings is 2. The van der Waals surface area contributed by atoms with Crippen LogP contribution in [-0.2, 0) is 25.6 Å². The number of hydrogen-bond donors (Lipinski definition) is 1. The highest BCUT2D eigenvalue weighted by molar-refractivity contribution is 6.04. The maximum Gasteiger partial charge on any atom is 0.340 e. The van der Waals surface area contributed by atoms with E-state index in [-0.39, 0.29) is 6.54 Å². The van der Waals surface area contributed by atoms with Crippen molar-refractivity contribution in [3.8, 4) is 5.75 Å². The topological polar surface area (TPSA) is 95.9 Å². The number of para-hydroxylation sites is 3. The number of esters is 2. The van der Waals surface area contributed by atoms with Crippen LogP contribution in [0.2, 0.25) is 0 Å². The summed E-state index contributed by atoms with van der Waals surface area (Å²) < 4.78 is 16.9. The van der Waals surface area contributed by atoms with E-state index in [4.69, 9.17) is 14.2 Å². The van der Waals surface area contributed by atoms with E-state index in [0.29, 0.717) is 34.5 Å². The van der Waals surface area contributed by atoms with Crippen molar-refractivity contribution < 1.29 is 28.6 Å². The summed E-state index contributed by atoms with van der Waals surface area (Å²) >= 11 is 0. The first kappa shape index (κ1) is 20.9. The largest absolute Gasteiger partial charge is 0.492 e. The van der Waals surface area contributed by atoms with Crippen molar-refractivity contribution in [3.05, 3.63) is 60.3 Å². The predicted octanol–water partition coefficient (Wildman–Crippen LogP) is 3.01. The van der Waals surface area contributed by atoms with Crippen molar-refractivity contribution in [2.24, 2.45) is 0 Å². The molecule has 0 radical (unpaired) electrons. The number of aromatic nitrogens is 1. The van der Waals surface area contributed by atoms with Gasteiger partial charge in [-0.25, -0.2) is 4.79 Å². The number of anilines is 1. The van der Waals surface area contributed by atoms with Crippen molar-refractivity contribution in [2.75, 3.05) is 25.6 Å². The third-order valence-corrected chi connectivity index (χ3v) is 4.32. The van der Waals surface area contributed by atoms with Gasteiger partial charge in [0, 0.05) is 17.1 Å². The third kappa shape index (κ3) is 4.78. The second-order valence-electron chi connectivity index (χ2n) is 6.32. The Labute approximate surface area is 173 Å². The van der Waals surface area contributed by atoms with Gasteiger partial charge in [0.2, 0.25) is 0 Å². The van der Waals surface area contributed by atoms with E-state index in [1.165, 1.54) is 13.3 Å². The smallest absolute Gasteiger partial charge is 0.340 e. The Morgan fingerprint density at radius 2 is 1.77 bits per heavy atom. The molecule has 1 aromatic heterocycles. The van der Waals surface area contributed by atoms with Crippen molar-refractivity contribution in [2.45, 2.75) is 13.5 Å². The molecule has 8 nitrogen and oxygen atoms in total. The van der Waals surface area contributed by atoms with E-state index in [1.807, 2.05) is 6.92 Å². The van der Waals surface area contributed by atoms with Gasteiger partial charge in [-0.05, 0) is 25.1 Å². The molecule has 3 rings (SSSR count). The summed E-state index contributed by atoms with van der Waals surface area (Å²) in [7, 11) is 1.30. The van der Waals surface area contributed by atoms with Crippen molar-refractivity contribution in [1.82, 2.24) is 4.57 Å². The van der Waals surface area contributed by atoms with Crippen LogP contribution in [0.15, 0.2) is 54.7 Å². The minimum atomic E-state index is -0.611. The van der Waals surface area contributed by atoms with Gasteiger partial charge in [-0.15, -0.1) is 0 Å². The third-order valence-electron chi connectivity index (χ3n) is 4.32. The number of methoxy groups -OCH3 is 1. The van der Waals surface area contributed by atoms with Gasteiger partial charge in [-0.3, -0.25) is 9.59 Å². The van der Waals surface area contributed by atoms with Crippen LogP contribution < -0.4 is 10.1 Å². The molecule has 0 atom stereocenters. The molecule has 30 heavy (non-hydrogen) atoms. The van der Waals surface area contributed by atoms with Crippen LogP contribution in [0.25, 0.3) is 10.9 Å². The number of carbonyl (C=O) groups is 3. The van der Waals surface area contributed by atoms with Crippen LogP contribution in [0.1, 0.15) is 17.3 Å². The van der Waals surface area contributed by atoms with Crippen LogP contribution in [0.3, 0.4) is 0 Å². The Kier molecular flexibility index (Phi) is 6.69. The highest BCUT2D eigenvalue weighted by Gasteiger charge is 2.17. The molecule has 1 N–H and O–H groups in total. The lowest BCUT2D eigenvalue weighted by Gasteiger charge is -2.11. The van der Waals surface area contributed by atoms with E-state index in [9.17, 15) is 14.4 Å². The quantitative estimate of drug-likeness (QED) is 0.574. The van der Waals surface area contributed by atoms with Crippen LogP contribution in [0.4, 0.5) is 5.69 Å². The lowest BCUT2D eigenvalue weighted by molar-refractivity contribution is -0.147. The molecule has 0 aliphatic carbocycles. The molecule has 0 bridgehead atoms. The van der Waals surface area contributed by atoms with Gasteiger partial charge in [0.15, 0.2) is 6.61 Å². The van der Waals surface area contributed by atoms with Crippen LogP contribution in [0.5, 0.6) is 5.75 Å². The summed E-state index contributed by atoms with van der Waals surface area (Å²) in [6, 6.07) is 14.1. The summed E-state index contributed by atoms with van der Waals surface area (Å²) in [6.45, 7) is 1.71. The fourth-order valence-corrected chi connectivity index (χ4v) is 3.02.